The highest BCUT2D eigenvalue weighted by Gasteiger charge is 2.22. The molecule has 0 bridgehead atoms. The Bertz CT molecular complexity index is 143. The van der Waals surface area contributed by atoms with Crippen LogP contribution in [0.3, 0.4) is 0 Å². The first-order valence-electron chi connectivity index (χ1n) is 6.69. The Hall–Kier alpha value is -0.0800. The number of hydrogen-bond acceptors (Lipinski definition) is 2. The van der Waals surface area contributed by atoms with Gasteiger partial charge in [-0.3, -0.25) is 0 Å². The fraction of sp³-hybridized carbons (Fsp3) is 1.00. The number of ether oxygens (including phenoxy) is 1. The van der Waals surface area contributed by atoms with E-state index in [2.05, 4.69) is 19.2 Å². The van der Waals surface area contributed by atoms with E-state index in [-0.39, 0.29) is 0 Å². The first-order valence-corrected chi connectivity index (χ1v) is 6.69. The van der Waals surface area contributed by atoms with Crippen LogP contribution >= 0.6 is 0 Å². The van der Waals surface area contributed by atoms with Crippen molar-refractivity contribution in [3.05, 3.63) is 0 Å². The van der Waals surface area contributed by atoms with Gasteiger partial charge in [0.15, 0.2) is 0 Å². The van der Waals surface area contributed by atoms with E-state index in [9.17, 15) is 0 Å². The summed E-state index contributed by atoms with van der Waals surface area (Å²) in [6.07, 6.45) is 7.99. The average Bonchev–Trinajstić information content (AvgIpc) is 2.29. The van der Waals surface area contributed by atoms with Crippen LogP contribution in [-0.2, 0) is 4.74 Å². The van der Waals surface area contributed by atoms with Crippen LogP contribution in [0.1, 0.15) is 52.4 Å². The van der Waals surface area contributed by atoms with Crippen LogP contribution in [0.2, 0.25) is 0 Å². The van der Waals surface area contributed by atoms with Crippen molar-refractivity contribution >= 4 is 0 Å². The van der Waals surface area contributed by atoms with Gasteiger partial charge in [0.25, 0.3) is 0 Å². The van der Waals surface area contributed by atoms with E-state index in [1.54, 1.807) is 0 Å². The molecule has 15 heavy (non-hydrogen) atoms. The molecule has 0 saturated carbocycles. The van der Waals surface area contributed by atoms with Gasteiger partial charge in [-0.25, -0.2) is 0 Å². The van der Waals surface area contributed by atoms with E-state index in [4.69, 9.17) is 4.74 Å². The summed E-state index contributed by atoms with van der Waals surface area (Å²) >= 11 is 0. The second kappa shape index (κ2) is 8.12. The van der Waals surface area contributed by atoms with E-state index in [1.165, 1.54) is 38.5 Å². The lowest BCUT2D eigenvalue weighted by Gasteiger charge is -2.30. The SMILES string of the molecule is CCCCCC(NCC)C1CCCOC1. The van der Waals surface area contributed by atoms with Crippen LogP contribution < -0.4 is 5.32 Å². The van der Waals surface area contributed by atoms with Crippen molar-refractivity contribution in [1.29, 1.82) is 0 Å². The fourth-order valence-electron chi connectivity index (χ4n) is 2.46. The predicted octanol–water partition coefficient (Wildman–Crippen LogP) is 2.97. The Morgan fingerprint density at radius 2 is 2.20 bits per heavy atom. The molecule has 1 aliphatic heterocycles. The highest BCUT2D eigenvalue weighted by molar-refractivity contribution is 4.78. The van der Waals surface area contributed by atoms with Gasteiger partial charge in [-0.15, -0.1) is 0 Å². The maximum absolute atomic E-state index is 5.58. The van der Waals surface area contributed by atoms with Gasteiger partial charge in [-0.05, 0) is 31.7 Å². The lowest BCUT2D eigenvalue weighted by atomic mass is 9.90. The molecule has 0 aromatic carbocycles. The van der Waals surface area contributed by atoms with Gasteiger partial charge >= 0.3 is 0 Å². The minimum absolute atomic E-state index is 0.696. The van der Waals surface area contributed by atoms with Gasteiger partial charge in [0.05, 0.1) is 6.61 Å². The van der Waals surface area contributed by atoms with Gasteiger partial charge in [-0.1, -0.05) is 33.1 Å². The van der Waals surface area contributed by atoms with Crippen LogP contribution in [0.15, 0.2) is 0 Å². The Balaban J connectivity index is 2.26. The minimum Gasteiger partial charge on any atom is -0.381 e. The predicted molar refractivity (Wildman–Crippen MR) is 65.1 cm³/mol. The summed E-state index contributed by atoms with van der Waals surface area (Å²) in [5.74, 6) is 0.760. The molecule has 1 fully saturated rings. The molecule has 0 amide bonds. The molecule has 1 heterocycles. The Kier molecular flexibility index (Phi) is 7.03. The average molecular weight is 213 g/mol. The number of unbranched alkanes of at least 4 members (excludes halogenated alkanes) is 2. The first kappa shape index (κ1) is 13.0. The number of hydrogen-bond donors (Lipinski definition) is 1. The molecule has 90 valence electrons. The number of nitrogens with one attached hydrogen (secondary N) is 1. The third-order valence-corrected chi connectivity index (χ3v) is 3.35. The van der Waals surface area contributed by atoms with E-state index in [0.29, 0.717) is 6.04 Å². The first-order chi connectivity index (χ1) is 7.38. The monoisotopic (exact) mass is 213 g/mol. The summed E-state index contributed by atoms with van der Waals surface area (Å²) < 4.78 is 5.58. The molecule has 0 radical (unpaired) electrons. The molecule has 0 spiro atoms. The zero-order valence-electron chi connectivity index (χ0n) is 10.4. The maximum Gasteiger partial charge on any atom is 0.0509 e. The van der Waals surface area contributed by atoms with Crippen LogP contribution in [0.5, 0.6) is 0 Å². The summed E-state index contributed by atoms with van der Waals surface area (Å²) in [4.78, 5) is 0. The summed E-state index contributed by atoms with van der Waals surface area (Å²) in [5, 5.41) is 3.63. The van der Waals surface area contributed by atoms with Crippen LogP contribution in [0, 0.1) is 5.92 Å². The van der Waals surface area contributed by atoms with Crippen molar-refractivity contribution in [3.63, 3.8) is 0 Å². The molecule has 2 unspecified atom stereocenters. The van der Waals surface area contributed by atoms with E-state index in [0.717, 1.165) is 25.7 Å². The van der Waals surface area contributed by atoms with Crippen LogP contribution in [0.4, 0.5) is 0 Å². The zero-order chi connectivity index (χ0) is 10.9. The molecule has 0 aromatic heterocycles. The van der Waals surface area contributed by atoms with Gasteiger partial charge in [0.1, 0.15) is 0 Å². The second-order valence-corrected chi connectivity index (χ2v) is 4.64. The van der Waals surface area contributed by atoms with Gasteiger partial charge in [-0.2, -0.15) is 0 Å². The van der Waals surface area contributed by atoms with Crippen molar-refractivity contribution < 1.29 is 4.74 Å². The smallest absolute Gasteiger partial charge is 0.0509 e. The van der Waals surface area contributed by atoms with Crippen molar-refractivity contribution in [2.24, 2.45) is 5.92 Å². The molecule has 2 heteroatoms. The highest BCUT2D eigenvalue weighted by atomic mass is 16.5. The molecule has 1 saturated heterocycles. The maximum atomic E-state index is 5.58. The highest BCUT2D eigenvalue weighted by Crippen LogP contribution is 2.21. The van der Waals surface area contributed by atoms with Crippen molar-refractivity contribution in [3.8, 4) is 0 Å². The van der Waals surface area contributed by atoms with E-state index >= 15 is 0 Å². The third-order valence-electron chi connectivity index (χ3n) is 3.35. The van der Waals surface area contributed by atoms with E-state index < -0.39 is 0 Å². The normalized spacial score (nSPS) is 24.0. The summed E-state index contributed by atoms with van der Waals surface area (Å²) in [5.41, 5.74) is 0. The second-order valence-electron chi connectivity index (χ2n) is 4.64. The number of rotatable bonds is 7. The van der Waals surface area contributed by atoms with Gasteiger partial charge in [0.2, 0.25) is 0 Å². The Morgan fingerprint density at radius 1 is 1.33 bits per heavy atom. The summed E-state index contributed by atoms with van der Waals surface area (Å²) in [6.45, 7) is 7.52. The lowest BCUT2D eigenvalue weighted by Crippen LogP contribution is -2.40. The molecular weight excluding hydrogens is 186 g/mol. The van der Waals surface area contributed by atoms with Crippen LogP contribution in [0.25, 0.3) is 0 Å². The topological polar surface area (TPSA) is 21.3 Å². The standard InChI is InChI=1S/C13H27NO/c1-3-5-6-9-13(14-4-2)12-8-7-10-15-11-12/h12-14H,3-11H2,1-2H3. The molecule has 2 atom stereocenters. The molecule has 2 nitrogen and oxygen atoms in total. The van der Waals surface area contributed by atoms with Crippen molar-refractivity contribution in [2.75, 3.05) is 19.8 Å². The Labute approximate surface area is 94.8 Å². The summed E-state index contributed by atoms with van der Waals surface area (Å²) in [6, 6.07) is 0.696. The fourth-order valence-corrected chi connectivity index (χ4v) is 2.46. The van der Waals surface area contributed by atoms with Crippen LogP contribution in [-0.4, -0.2) is 25.8 Å². The molecule has 1 rings (SSSR count). The molecular formula is C13H27NO. The lowest BCUT2D eigenvalue weighted by molar-refractivity contribution is 0.0378. The quantitative estimate of drug-likeness (QED) is 0.656. The molecule has 0 aromatic rings. The molecule has 0 aliphatic carbocycles. The van der Waals surface area contributed by atoms with E-state index in [1.807, 2.05) is 0 Å². The summed E-state index contributed by atoms with van der Waals surface area (Å²) in [7, 11) is 0. The van der Waals surface area contributed by atoms with Gasteiger partial charge < -0.3 is 10.1 Å². The van der Waals surface area contributed by atoms with Crippen molar-refractivity contribution in [2.45, 2.75) is 58.4 Å². The zero-order valence-corrected chi connectivity index (χ0v) is 10.4. The minimum atomic E-state index is 0.696. The Morgan fingerprint density at radius 3 is 2.80 bits per heavy atom. The molecule has 1 aliphatic rings. The third kappa shape index (κ3) is 4.98. The largest absolute Gasteiger partial charge is 0.381 e. The van der Waals surface area contributed by atoms with Crippen molar-refractivity contribution in [1.82, 2.24) is 5.32 Å². The van der Waals surface area contributed by atoms with Gasteiger partial charge in [0, 0.05) is 12.6 Å². The molecule has 1 N–H and O–H groups in total.